The second-order valence-corrected chi connectivity index (χ2v) is 8.22. The fourth-order valence-electron chi connectivity index (χ4n) is 4.65. The number of carbonyl (C=O) groups is 1. The van der Waals surface area contributed by atoms with Crippen LogP contribution in [0, 0.1) is 0 Å². The molecule has 1 aliphatic carbocycles. The predicted octanol–water partition coefficient (Wildman–Crippen LogP) is 3.63. The van der Waals surface area contributed by atoms with E-state index in [2.05, 4.69) is 10.2 Å². The van der Waals surface area contributed by atoms with E-state index < -0.39 is 17.8 Å². The van der Waals surface area contributed by atoms with E-state index in [1.807, 2.05) is 4.90 Å². The summed E-state index contributed by atoms with van der Waals surface area (Å²) in [6.07, 6.45) is 0.372. The van der Waals surface area contributed by atoms with Crippen molar-refractivity contribution in [2.24, 2.45) is 0 Å². The van der Waals surface area contributed by atoms with E-state index in [1.165, 1.54) is 31.7 Å². The molecular formula is C21H29F3N4O2. The molecule has 2 amide bonds. The van der Waals surface area contributed by atoms with Crippen LogP contribution in [0.2, 0.25) is 0 Å². The van der Waals surface area contributed by atoms with Crippen molar-refractivity contribution >= 4 is 17.4 Å². The maximum Gasteiger partial charge on any atom is 0.418 e. The topological polar surface area (TPSA) is 48.1 Å². The number of urea groups is 1. The minimum absolute atomic E-state index is 0.192. The number of piperazine rings is 1. The van der Waals surface area contributed by atoms with Crippen LogP contribution in [0.15, 0.2) is 18.2 Å². The van der Waals surface area contributed by atoms with Crippen molar-refractivity contribution in [3.8, 4) is 0 Å². The largest absolute Gasteiger partial charge is 0.418 e. The number of ether oxygens (including phenoxy) is 1. The lowest BCUT2D eigenvalue weighted by Gasteiger charge is -2.38. The minimum Gasteiger partial charge on any atom is -0.378 e. The van der Waals surface area contributed by atoms with Crippen molar-refractivity contribution in [2.75, 3.05) is 62.7 Å². The number of nitrogens with one attached hydrogen (secondary N) is 1. The quantitative estimate of drug-likeness (QED) is 0.802. The van der Waals surface area contributed by atoms with Gasteiger partial charge in [0.05, 0.1) is 24.5 Å². The molecule has 6 nitrogen and oxygen atoms in total. The number of nitrogens with zero attached hydrogens (tertiary/aromatic N) is 3. The highest BCUT2D eigenvalue weighted by molar-refractivity contribution is 5.90. The average molecular weight is 426 g/mol. The van der Waals surface area contributed by atoms with E-state index in [0.29, 0.717) is 51.1 Å². The number of rotatable bonds is 3. The van der Waals surface area contributed by atoms with Crippen LogP contribution in [0.1, 0.15) is 31.2 Å². The van der Waals surface area contributed by atoms with E-state index in [1.54, 1.807) is 11.0 Å². The number of halogens is 3. The number of morpholine rings is 1. The zero-order chi connectivity index (χ0) is 21.1. The molecule has 1 aromatic carbocycles. The van der Waals surface area contributed by atoms with E-state index in [9.17, 15) is 18.0 Å². The van der Waals surface area contributed by atoms with Gasteiger partial charge in [0, 0.05) is 51.0 Å². The first kappa shape index (κ1) is 21.2. The molecule has 3 aliphatic rings. The minimum atomic E-state index is -4.55. The van der Waals surface area contributed by atoms with Gasteiger partial charge in [-0.05, 0) is 31.0 Å². The van der Waals surface area contributed by atoms with Gasteiger partial charge in [0.15, 0.2) is 0 Å². The SMILES string of the molecule is O=C(Nc1ccc(N2CCOCC2)cc1C(F)(F)F)N1CCN(C2CCCC2)CC1. The molecule has 1 saturated carbocycles. The van der Waals surface area contributed by atoms with Crippen LogP contribution >= 0.6 is 0 Å². The van der Waals surface area contributed by atoms with Gasteiger partial charge in [-0.1, -0.05) is 12.8 Å². The number of hydrogen-bond acceptors (Lipinski definition) is 4. The van der Waals surface area contributed by atoms with Gasteiger partial charge in [-0.2, -0.15) is 13.2 Å². The summed E-state index contributed by atoms with van der Waals surface area (Å²) in [5.74, 6) is 0. The third-order valence-electron chi connectivity index (χ3n) is 6.37. The summed E-state index contributed by atoms with van der Waals surface area (Å²) in [4.78, 5) is 18.6. The summed E-state index contributed by atoms with van der Waals surface area (Å²) in [6, 6.07) is 4.25. The summed E-state index contributed by atoms with van der Waals surface area (Å²) in [5, 5.41) is 2.51. The Morgan fingerprint density at radius 1 is 1.00 bits per heavy atom. The molecule has 2 aliphatic heterocycles. The zero-order valence-electron chi connectivity index (χ0n) is 17.1. The lowest BCUT2D eigenvalue weighted by molar-refractivity contribution is -0.136. The Hall–Kier alpha value is -2.00. The molecule has 2 heterocycles. The van der Waals surface area contributed by atoms with Crippen LogP contribution in [0.5, 0.6) is 0 Å². The second-order valence-electron chi connectivity index (χ2n) is 8.22. The summed E-state index contributed by atoms with van der Waals surface area (Å²) in [6.45, 7) is 4.72. The summed E-state index contributed by atoms with van der Waals surface area (Å²) in [5.41, 5.74) is -0.513. The Bertz CT molecular complexity index is 738. The van der Waals surface area contributed by atoms with Crippen molar-refractivity contribution in [2.45, 2.75) is 37.9 Å². The van der Waals surface area contributed by atoms with Crippen molar-refractivity contribution in [3.63, 3.8) is 0 Å². The van der Waals surface area contributed by atoms with Crippen LogP contribution < -0.4 is 10.2 Å². The molecule has 2 saturated heterocycles. The number of alkyl halides is 3. The summed E-state index contributed by atoms with van der Waals surface area (Å²) < 4.78 is 46.4. The number of hydrogen-bond donors (Lipinski definition) is 1. The molecular weight excluding hydrogens is 397 g/mol. The maximum atomic E-state index is 13.7. The molecule has 4 rings (SSSR count). The molecule has 0 atom stereocenters. The van der Waals surface area contributed by atoms with Gasteiger partial charge in [-0.25, -0.2) is 4.79 Å². The molecule has 0 spiro atoms. The third-order valence-corrected chi connectivity index (χ3v) is 6.37. The molecule has 166 valence electrons. The monoisotopic (exact) mass is 426 g/mol. The predicted molar refractivity (Wildman–Crippen MR) is 109 cm³/mol. The highest BCUT2D eigenvalue weighted by Gasteiger charge is 2.35. The van der Waals surface area contributed by atoms with Crippen molar-refractivity contribution in [3.05, 3.63) is 23.8 Å². The molecule has 1 aromatic rings. The van der Waals surface area contributed by atoms with E-state index in [0.717, 1.165) is 19.2 Å². The fourth-order valence-corrected chi connectivity index (χ4v) is 4.65. The summed E-state index contributed by atoms with van der Waals surface area (Å²) >= 11 is 0. The van der Waals surface area contributed by atoms with Crippen LogP contribution in [-0.2, 0) is 10.9 Å². The first-order valence-corrected chi connectivity index (χ1v) is 10.8. The Morgan fingerprint density at radius 3 is 2.30 bits per heavy atom. The van der Waals surface area contributed by atoms with E-state index >= 15 is 0 Å². The van der Waals surface area contributed by atoms with E-state index in [4.69, 9.17) is 4.74 Å². The van der Waals surface area contributed by atoms with Crippen molar-refractivity contribution in [1.82, 2.24) is 9.80 Å². The van der Waals surface area contributed by atoms with Gasteiger partial charge in [0.2, 0.25) is 0 Å². The molecule has 3 fully saturated rings. The highest BCUT2D eigenvalue weighted by Crippen LogP contribution is 2.37. The Labute approximate surface area is 174 Å². The molecule has 9 heteroatoms. The number of benzene rings is 1. The molecule has 0 aromatic heterocycles. The molecule has 0 bridgehead atoms. The number of anilines is 2. The standard InChI is InChI=1S/C21H29F3N4O2/c22-21(23,24)18-15-17(27-11-13-30-14-12-27)5-6-19(18)25-20(29)28-9-7-26(8-10-28)16-3-1-2-4-16/h5-6,15-16H,1-4,7-14H2,(H,25,29). The average Bonchev–Trinajstić information content (AvgIpc) is 3.29. The van der Waals surface area contributed by atoms with Crippen LogP contribution in [0.4, 0.5) is 29.3 Å². The molecule has 30 heavy (non-hydrogen) atoms. The lowest BCUT2D eigenvalue weighted by Crippen LogP contribution is -2.52. The first-order chi connectivity index (χ1) is 14.4. The van der Waals surface area contributed by atoms with Crippen LogP contribution in [0.3, 0.4) is 0 Å². The Balaban J connectivity index is 1.42. The zero-order valence-corrected chi connectivity index (χ0v) is 17.1. The first-order valence-electron chi connectivity index (χ1n) is 10.8. The second kappa shape index (κ2) is 9.01. The van der Waals surface area contributed by atoms with Gasteiger partial charge >= 0.3 is 12.2 Å². The summed E-state index contributed by atoms with van der Waals surface area (Å²) in [7, 11) is 0. The van der Waals surface area contributed by atoms with Gasteiger partial charge in [0.1, 0.15) is 0 Å². The third kappa shape index (κ3) is 4.83. The van der Waals surface area contributed by atoms with Gasteiger partial charge in [-0.15, -0.1) is 0 Å². The highest BCUT2D eigenvalue weighted by atomic mass is 19.4. The molecule has 0 radical (unpaired) electrons. The normalized spacial score (nSPS) is 21.8. The van der Waals surface area contributed by atoms with Crippen molar-refractivity contribution < 1.29 is 22.7 Å². The number of amides is 2. The van der Waals surface area contributed by atoms with Gasteiger partial charge < -0.3 is 19.9 Å². The van der Waals surface area contributed by atoms with E-state index in [-0.39, 0.29) is 5.69 Å². The lowest BCUT2D eigenvalue weighted by atomic mass is 10.1. The Kier molecular flexibility index (Phi) is 6.38. The number of carbonyl (C=O) groups excluding carboxylic acids is 1. The van der Waals surface area contributed by atoms with Gasteiger partial charge in [0.25, 0.3) is 0 Å². The maximum absolute atomic E-state index is 13.7. The molecule has 1 N–H and O–H groups in total. The van der Waals surface area contributed by atoms with Crippen LogP contribution in [-0.4, -0.2) is 74.4 Å². The smallest absolute Gasteiger partial charge is 0.378 e. The Morgan fingerprint density at radius 2 is 1.67 bits per heavy atom. The van der Waals surface area contributed by atoms with Crippen LogP contribution in [0.25, 0.3) is 0 Å². The molecule has 0 unspecified atom stereocenters. The van der Waals surface area contributed by atoms with Gasteiger partial charge in [-0.3, -0.25) is 4.90 Å². The fraction of sp³-hybridized carbons (Fsp3) is 0.667. The van der Waals surface area contributed by atoms with Crippen molar-refractivity contribution in [1.29, 1.82) is 0 Å².